The Hall–Kier alpha value is -0.433. The van der Waals surface area contributed by atoms with Crippen molar-refractivity contribution in [2.75, 3.05) is 0 Å². The minimum absolute atomic E-state index is 0.630. The van der Waals surface area contributed by atoms with Crippen LogP contribution in [0.25, 0.3) is 11.0 Å². The highest BCUT2D eigenvalue weighted by atomic mass is 127. The average Bonchev–Trinajstić information content (AvgIpc) is 2.76. The first-order valence-corrected chi connectivity index (χ1v) is 10.6. The van der Waals surface area contributed by atoms with E-state index in [1.165, 1.54) is 0 Å². The number of hydrogen-bond donors (Lipinski definition) is 1. The quantitative estimate of drug-likeness (QED) is 0.467. The van der Waals surface area contributed by atoms with Crippen molar-refractivity contribution in [3.8, 4) is 0 Å². The summed E-state index contributed by atoms with van der Waals surface area (Å²) in [5.74, 6) is 0. The fourth-order valence-electron chi connectivity index (χ4n) is 3.87. The Kier molecular flexibility index (Phi) is 4.58. The highest BCUT2D eigenvalue weighted by molar-refractivity contribution is 14.1. The third-order valence-electron chi connectivity index (χ3n) is 4.62. The van der Waals surface area contributed by atoms with Gasteiger partial charge in [0.05, 0.1) is 5.39 Å². The zero-order valence-corrected chi connectivity index (χ0v) is 16.3. The largest absolute Gasteiger partial charge is 0.346 e. The predicted molar refractivity (Wildman–Crippen MR) is 97.3 cm³/mol. The van der Waals surface area contributed by atoms with Gasteiger partial charge < -0.3 is 4.98 Å². The standard InChI is InChI=1S/C15H24IN3Si/c1-9(2)20(10(3)4,11(5)6)15-18-13(16)12-7-8-17-14(12)19-15/h7-11H,1-6H3,(H,17,18,19). The monoisotopic (exact) mass is 401 g/mol. The highest BCUT2D eigenvalue weighted by Crippen LogP contribution is 2.40. The summed E-state index contributed by atoms with van der Waals surface area (Å²) in [7, 11) is -1.77. The lowest BCUT2D eigenvalue weighted by Gasteiger charge is -2.41. The Morgan fingerprint density at radius 3 is 2.05 bits per heavy atom. The molecule has 0 fully saturated rings. The maximum absolute atomic E-state index is 4.93. The van der Waals surface area contributed by atoms with E-state index >= 15 is 0 Å². The van der Waals surface area contributed by atoms with Crippen molar-refractivity contribution in [1.29, 1.82) is 0 Å². The fraction of sp³-hybridized carbons (Fsp3) is 0.600. The second kappa shape index (κ2) is 5.75. The van der Waals surface area contributed by atoms with Crippen LogP contribution in [0.4, 0.5) is 0 Å². The number of halogens is 1. The first-order valence-electron chi connectivity index (χ1n) is 7.32. The van der Waals surface area contributed by atoms with E-state index in [-0.39, 0.29) is 0 Å². The van der Waals surface area contributed by atoms with E-state index in [0.29, 0.717) is 16.6 Å². The molecule has 0 saturated heterocycles. The van der Waals surface area contributed by atoms with Gasteiger partial charge in [-0.05, 0) is 45.3 Å². The summed E-state index contributed by atoms with van der Waals surface area (Å²) in [6.07, 6.45) is 1.95. The Morgan fingerprint density at radius 2 is 1.55 bits per heavy atom. The molecule has 0 atom stereocenters. The number of aromatic amines is 1. The van der Waals surface area contributed by atoms with Crippen LogP contribution in [-0.2, 0) is 0 Å². The molecule has 0 amide bonds. The van der Waals surface area contributed by atoms with Crippen LogP contribution in [0.5, 0.6) is 0 Å². The average molecular weight is 401 g/mol. The van der Waals surface area contributed by atoms with Gasteiger partial charge in [-0.25, -0.2) is 9.97 Å². The highest BCUT2D eigenvalue weighted by Gasteiger charge is 2.47. The molecule has 0 saturated carbocycles. The SMILES string of the molecule is CC(C)[Si](c1nc(I)c2cc[nH]c2n1)(C(C)C)C(C)C. The van der Waals surface area contributed by atoms with Crippen molar-refractivity contribution < 1.29 is 0 Å². The molecule has 0 aliphatic carbocycles. The molecule has 0 radical (unpaired) electrons. The summed E-state index contributed by atoms with van der Waals surface area (Å²) < 4.78 is 1.07. The zero-order chi connectivity index (χ0) is 15.1. The second-order valence-corrected chi connectivity index (χ2v) is 13.3. The van der Waals surface area contributed by atoms with Crippen molar-refractivity contribution in [3.63, 3.8) is 0 Å². The Morgan fingerprint density at radius 1 is 1.00 bits per heavy atom. The topological polar surface area (TPSA) is 41.6 Å². The predicted octanol–water partition coefficient (Wildman–Crippen LogP) is 4.45. The molecular formula is C15H24IN3Si. The van der Waals surface area contributed by atoms with E-state index in [9.17, 15) is 0 Å². The molecule has 2 heterocycles. The van der Waals surface area contributed by atoms with Crippen LogP contribution in [0.2, 0.25) is 16.6 Å². The van der Waals surface area contributed by atoms with Gasteiger partial charge in [0.1, 0.15) is 22.9 Å². The fourth-order valence-corrected chi connectivity index (χ4v) is 10.9. The summed E-state index contributed by atoms with van der Waals surface area (Å²) >= 11 is 2.34. The molecule has 20 heavy (non-hydrogen) atoms. The molecule has 0 aliphatic rings. The molecule has 0 unspecified atom stereocenters. The number of fused-ring (bicyclic) bond motifs is 1. The van der Waals surface area contributed by atoms with Crippen molar-refractivity contribution in [1.82, 2.24) is 15.0 Å². The lowest BCUT2D eigenvalue weighted by atomic mass is 10.4. The molecule has 2 rings (SSSR count). The van der Waals surface area contributed by atoms with Crippen molar-refractivity contribution in [2.45, 2.75) is 58.2 Å². The van der Waals surface area contributed by atoms with E-state index < -0.39 is 8.07 Å². The second-order valence-electron chi connectivity index (χ2n) is 6.48. The van der Waals surface area contributed by atoms with Gasteiger partial charge in [-0.15, -0.1) is 0 Å². The summed E-state index contributed by atoms with van der Waals surface area (Å²) in [5.41, 5.74) is 4.00. The van der Waals surface area contributed by atoms with E-state index in [1.54, 1.807) is 0 Å². The lowest BCUT2D eigenvalue weighted by molar-refractivity contribution is 0.825. The summed E-state index contributed by atoms with van der Waals surface area (Å²) in [5, 5.41) is 1.13. The molecule has 5 heteroatoms. The van der Waals surface area contributed by atoms with Crippen LogP contribution < -0.4 is 5.45 Å². The van der Waals surface area contributed by atoms with Gasteiger partial charge >= 0.3 is 0 Å². The Balaban J connectivity index is 2.74. The van der Waals surface area contributed by atoms with Gasteiger partial charge in [0, 0.05) is 6.20 Å². The number of aromatic nitrogens is 3. The van der Waals surface area contributed by atoms with Gasteiger partial charge in [-0.3, -0.25) is 0 Å². The van der Waals surface area contributed by atoms with E-state index in [4.69, 9.17) is 9.97 Å². The Bertz CT molecular complexity index is 582. The molecular weight excluding hydrogens is 377 g/mol. The molecule has 0 bridgehead atoms. The number of nitrogens with one attached hydrogen (secondary N) is 1. The van der Waals surface area contributed by atoms with Crippen LogP contribution in [0.3, 0.4) is 0 Å². The molecule has 3 nitrogen and oxygen atoms in total. The summed E-state index contributed by atoms with van der Waals surface area (Å²) in [6, 6.07) is 2.06. The zero-order valence-electron chi connectivity index (χ0n) is 13.2. The van der Waals surface area contributed by atoms with Crippen LogP contribution in [0.1, 0.15) is 41.5 Å². The molecule has 0 aliphatic heterocycles. The maximum Gasteiger partial charge on any atom is 0.142 e. The molecule has 110 valence electrons. The molecule has 0 spiro atoms. The normalized spacial score (nSPS) is 13.1. The molecule has 1 N–H and O–H groups in total. The van der Waals surface area contributed by atoms with E-state index in [2.05, 4.69) is 75.2 Å². The summed E-state index contributed by atoms with van der Waals surface area (Å²) in [4.78, 5) is 13.1. The minimum atomic E-state index is -1.77. The number of nitrogens with zero attached hydrogens (tertiary/aromatic N) is 2. The number of hydrogen-bond acceptors (Lipinski definition) is 2. The van der Waals surface area contributed by atoms with Crippen molar-refractivity contribution >= 4 is 47.1 Å². The lowest BCUT2D eigenvalue weighted by Crippen LogP contribution is -2.58. The maximum atomic E-state index is 4.93. The van der Waals surface area contributed by atoms with Crippen LogP contribution in [0, 0.1) is 3.70 Å². The first kappa shape index (κ1) is 15.9. The smallest absolute Gasteiger partial charge is 0.142 e. The van der Waals surface area contributed by atoms with Crippen molar-refractivity contribution in [2.24, 2.45) is 0 Å². The Labute approximate surface area is 136 Å². The van der Waals surface area contributed by atoms with Crippen molar-refractivity contribution in [3.05, 3.63) is 16.0 Å². The van der Waals surface area contributed by atoms with E-state index in [0.717, 1.165) is 20.2 Å². The summed E-state index contributed by atoms with van der Waals surface area (Å²) in [6.45, 7) is 14.1. The van der Waals surface area contributed by atoms with Gasteiger partial charge in [0.15, 0.2) is 0 Å². The third-order valence-corrected chi connectivity index (χ3v) is 12.2. The van der Waals surface area contributed by atoms with Crippen LogP contribution in [0.15, 0.2) is 12.3 Å². The third kappa shape index (κ3) is 2.32. The van der Waals surface area contributed by atoms with E-state index in [1.807, 2.05) is 6.20 Å². The molecule has 2 aromatic heterocycles. The molecule has 0 aromatic carbocycles. The van der Waals surface area contributed by atoms with Gasteiger partial charge in [0.25, 0.3) is 0 Å². The first-order chi connectivity index (χ1) is 9.31. The van der Waals surface area contributed by atoms with Crippen LogP contribution >= 0.6 is 22.6 Å². The number of H-pyrrole nitrogens is 1. The van der Waals surface area contributed by atoms with Crippen LogP contribution in [-0.4, -0.2) is 23.0 Å². The molecule has 2 aromatic rings. The number of rotatable bonds is 4. The van der Waals surface area contributed by atoms with Gasteiger partial charge in [-0.1, -0.05) is 41.5 Å². The van der Waals surface area contributed by atoms with Gasteiger partial charge in [-0.2, -0.15) is 0 Å². The van der Waals surface area contributed by atoms with Gasteiger partial charge in [0.2, 0.25) is 0 Å². The minimum Gasteiger partial charge on any atom is -0.346 e.